The molecule has 0 amide bonds. The second kappa shape index (κ2) is 5.71. The average molecular weight is 299 g/mol. The molecule has 2 aliphatic heterocycles. The van der Waals surface area contributed by atoms with Gasteiger partial charge >= 0.3 is 5.97 Å². The molecule has 0 aromatic carbocycles. The van der Waals surface area contributed by atoms with Crippen molar-refractivity contribution in [1.29, 1.82) is 0 Å². The third kappa shape index (κ3) is 2.68. The van der Waals surface area contributed by atoms with Crippen molar-refractivity contribution < 1.29 is 19.2 Å². The number of carboxylic acids is 1. The minimum atomic E-state index is -0.935. The van der Waals surface area contributed by atoms with E-state index < -0.39 is 12.1 Å². The molecule has 3 atom stereocenters. The SMILES string of the molecule is CN1CCSCC1c1noc(C2CCC(C(=O)O)O2)n1. The molecule has 0 radical (unpaired) electrons. The average Bonchev–Trinajstić information content (AvgIpc) is 3.08. The van der Waals surface area contributed by atoms with Gasteiger partial charge in [0, 0.05) is 18.1 Å². The second-order valence-corrected chi connectivity index (χ2v) is 6.24. The number of hydrogen-bond donors (Lipinski definition) is 1. The van der Waals surface area contributed by atoms with Crippen LogP contribution in [0.3, 0.4) is 0 Å². The number of ether oxygens (including phenoxy) is 1. The van der Waals surface area contributed by atoms with E-state index in [0.717, 1.165) is 18.1 Å². The molecule has 0 spiro atoms. The summed E-state index contributed by atoms with van der Waals surface area (Å²) in [4.78, 5) is 17.5. The van der Waals surface area contributed by atoms with E-state index in [-0.39, 0.29) is 12.1 Å². The van der Waals surface area contributed by atoms with Crippen molar-refractivity contribution in [3.05, 3.63) is 11.7 Å². The zero-order valence-corrected chi connectivity index (χ0v) is 12.0. The van der Waals surface area contributed by atoms with E-state index >= 15 is 0 Å². The molecule has 20 heavy (non-hydrogen) atoms. The van der Waals surface area contributed by atoms with E-state index in [1.807, 2.05) is 18.8 Å². The lowest BCUT2D eigenvalue weighted by Gasteiger charge is -2.29. The van der Waals surface area contributed by atoms with Gasteiger partial charge in [-0.05, 0) is 19.9 Å². The molecule has 8 heteroatoms. The van der Waals surface area contributed by atoms with Gasteiger partial charge in [-0.1, -0.05) is 5.16 Å². The monoisotopic (exact) mass is 299 g/mol. The second-order valence-electron chi connectivity index (χ2n) is 5.09. The summed E-state index contributed by atoms with van der Waals surface area (Å²) < 4.78 is 10.7. The smallest absolute Gasteiger partial charge is 0.332 e. The predicted octanol–water partition coefficient (Wildman–Crippen LogP) is 1.09. The molecule has 0 bridgehead atoms. The molecule has 1 aromatic rings. The zero-order valence-electron chi connectivity index (χ0n) is 11.2. The normalized spacial score (nSPS) is 31.6. The minimum Gasteiger partial charge on any atom is -0.479 e. The Hall–Kier alpha value is -1.12. The van der Waals surface area contributed by atoms with Crippen LogP contribution in [0.2, 0.25) is 0 Å². The largest absolute Gasteiger partial charge is 0.479 e. The lowest BCUT2D eigenvalue weighted by molar-refractivity contribution is -0.150. The summed E-state index contributed by atoms with van der Waals surface area (Å²) in [6.07, 6.45) is -0.0627. The first-order valence-corrected chi connectivity index (χ1v) is 7.80. The van der Waals surface area contributed by atoms with Crippen LogP contribution in [0.25, 0.3) is 0 Å². The molecule has 2 saturated heterocycles. The van der Waals surface area contributed by atoms with Crippen LogP contribution in [0, 0.1) is 0 Å². The standard InChI is InChI=1S/C12H17N3O4S/c1-15-4-5-20-6-7(15)10-13-11(19-14-10)8-2-3-9(18-8)12(16)17/h7-9H,2-6H2,1H3,(H,16,17). The molecule has 2 fully saturated rings. The summed E-state index contributed by atoms with van der Waals surface area (Å²) in [5.74, 6) is 2.18. The first-order valence-electron chi connectivity index (χ1n) is 6.65. The molecule has 7 nitrogen and oxygen atoms in total. The number of thioether (sulfide) groups is 1. The van der Waals surface area contributed by atoms with Gasteiger partial charge in [0.1, 0.15) is 6.10 Å². The maximum Gasteiger partial charge on any atom is 0.332 e. The number of carboxylic acid groups (broad SMARTS) is 1. The van der Waals surface area contributed by atoms with Gasteiger partial charge in [-0.25, -0.2) is 4.79 Å². The maximum atomic E-state index is 10.9. The van der Waals surface area contributed by atoms with Crippen LogP contribution in [-0.4, -0.2) is 57.3 Å². The number of aromatic nitrogens is 2. The van der Waals surface area contributed by atoms with Crippen LogP contribution in [0.5, 0.6) is 0 Å². The van der Waals surface area contributed by atoms with Crippen LogP contribution < -0.4 is 0 Å². The maximum absolute atomic E-state index is 10.9. The van der Waals surface area contributed by atoms with Gasteiger partial charge in [-0.15, -0.1) is 0 Å². The quantitative estimate of drug-likeness (QED) is 0.887. The molecule has 3 unspecified atom stereocenters. The third-order valence-electron chi connectivity index (χ3n) is 3.72. The minimum absolute atomic E-state index is 0.155. The van der Waals surface area contributed by atoms with Crippen molar-refractivity contribution in [2.24, 2.45) is 0 Å². The van der Waals surface area contributed by atoms with Crippen LogP contribution in [0.1, 0.15) is 36.7 Å². The van der Waals surface area contributed by atoms with E-state index in [4.69, 9.17) is 14.4 Å². The fourth-order valence-electron chi connectivity index (χ4n) is 2.47. The highest BCUT2D eigenvalue weighted by atomic mass is 32.2. The van der Waals surface area contributed by atoms with Crippen molar-refractivity contribution in [1.82, 2.24) is 15.0 Å². The lowest BCUT2D eigenvalue weighted by atomic mass is 10.2. The number of hydrogen-bond acceptors (Lipinski definition) is 7. The Morgan fingerprint density at radius 2 is 2.35 bits per heavy atom. The Morgan fingerprint density at radius 1 is 1.50 bits per heavy atom. The number of nitrogens with zero attached hydrogens (tertiary/aromatic N) is 3. The van der Waals surface area contributed by atoms with Crippen molar-refractivity contribution in [3.8, 4) is 0 Å². The highest BCUT2D eigenvalue weighted by Crippen LogP contribution is 2.33. The van der Waals surface area contributed by atoms with E-state index in [1.54, 1.807) is 0 Å². The summed E-state index contributed by atoms with van der Waals surface area (Å²) in [6, 6.07) is 0.155. The van der Waals surface area contributed by atoms with Crippen molar-refractivity contribution in [2.45, 2.75) is 31.1 Å². The Labute approximate surface area is 120 Å². The van der Waals surface area contributed by atoms with Gasteiger partial charge in [0.05, 0.1) is 6.04 Å². The first kappa shape index (κ1) is 13.8. The van der Waals surface area contributed by atoms with Gasteiger partial charge in [0.15, 0.2) is 11.9 Å². The predicted molar refractivity (Wildman–Crippen MR) is 71.5 cm³/mol. The van der Waals surface area contributed by atoms with E-state index in [2.05, 4.69) is 15.0 Å². The van der Waals surface area contributed by atoms with Crippen molar-refractivity contribution >= 4 is 17.7 Å². The molecule has 110 valence electrons. The summed E-state index contributed by atoms with van der Waals surface area (Å²) in [5, 5.41) is 13.0. The molecule has 3 heterocycles. The summed E-state index contributed by atoms with van der Waals surface area (Å²) in [5.41, 5.74) is 0. The fourth-order valence-corrected chi connectivity index (χ4v) is 3.68. The van der Waals surface area contributed by atoms with Crippen LogP contribution in [0.15, 0.2) is 4.52 Å². The highest BCUT2D eigenvalue weighted by Gasteiger charge is 2.35. The molecule has 0 aliphatic carbocycles. The topological polar surface area (TPSA) is 88.7 Å². The molecule has 2 aliphatic rings. The number of aliphatic carboxylic acids is 1. The Balaban J connectivity index is 1.69. The van der Waals surface area contributed by atoms with Gasteiger partial charge in [0.2, 0.25) is 0 Å². The van der Waals surface area contributed by atoms with Crippen molar-refractivity contribution in [3.63, 3.8) is 0 Å². The third-order valence-corrected chi connectivity index (χ3v) is 4.74. The molecule has 1 aromatic heterocycles. The van der Waals surface area contributed by atoms with Crippen LogP contribution in [-0.2, 0) is 9.53 Å². The van der Waals surface area contributed by atoms with E-state index in [1.165, 1.54) is 0 Å². The highest BCUT2D eigenvalue weighted by molar-refractivity contribution is 7.99. The molecule has 0 saturated carbocycles. The Morgan fingerprint density at radius 3 is 3.05 bits per heavy atom. The lowest BCUT2D eigenvalue weighted by Crippen LogP contribution is -2.33. The van der Waals surface area contributed by atoms with Crippen LogP contribution >= 0.6 is 11.8 Å². The summed E-state index contributed by atoms with van der Waals surface area (Å²) in [6.45, 7) is 1.00. The van der Waals surface area contributed by atoms with E-state index in [9.17, 15) is 4.79 Å². The molecule has 1 N–H and O–H groups in total. The Kier molecular flexibility index (Phi) is 3.95. The zero-order chi connectivity index (χ0) is 14.1. The summed E-state index contributed by atoms with van der Waals surface area (Å²) in [7, 11) is 2.05. The first-order chi connectivity index (χ1) is 9.65. The summed E-state index contributed by atoms with van der Waals surface area (Å²) >= 11 is 1.88. The number of rotatable bonds is 3. The van der Waals surface area contributed by atoms with Gasteiger partial charge in [0.25, 0.3) is 5.89 Å². The molecular formula is C12H17N3O4S. The number of carbonyl (C=O) groups is 1. The van der Waals surface area contributed by atoms with E-state index in [0.29, 0.717) is 24.6 Å². The molecule has 3 rings (SSSR count). The van der Waals surface area contributed by atoms with Gasteiger partial charge in [-0.2, -0.15) is 16.7 Å². The Bertz CT molecular complexity index is 495. The van der Waals surface area contributed by atoms with Crippen molar-refractivity contribution in [2.75, 3.05) is 25.1 Å². The van der Waals surface area contributed by atoms with Crippen LogP contribution in [0.4, 0.5) is 0 Å². The van der Waals surface area contributed by atoms with Gasteiger partial charge < -0.3 is 14.4 Å². The van der Waals surface area contributed by atoms with Gasteiger partial charge in [-0.3, -0.25) is 4.90 Å². The molecular weight excluding hydrogens is 282 g/mol. The fraction of sp³-hybridized carbons (Fsp3) is 0.750.